The number of thioether (sulfide) groups is 1. The van der Waals surface area contributed by atoms with E-state index < -0.39 is 0 Å². The maximum absolute atomic E-state index is 12.4. The number of nitrogens with zero attached hydrogens (tertiary/aromatic N) is 2. The first-order valence-electron chi connectivity index (χ1n) is 8.03. The lowest BCUT2D eigenvalue weighted by atomic mass is 10.2. The van der Waals surface area contributed by atoms with Crippen LogP contribution in [0, 0.1) is 0 Å². The molecule has 0 aromatic heterocycles. The molecule has 1 unspecified atom stereocenters. The van der Waals surface area contributed by atoms with E-state index in [1.165, 1.54) is 0 Å². The van der Waals surface area contributed by atoms with Crippen molar-refractivity contribution < 1.29 is 4.79 Å². The topological polar surface area (TPSA) is 35.6 Å². The van der Waals surface area contributed by atoms with E-state index >= 15 is 0 Å². The molecule has 1 saturated heterocycles. The lowest BCUT2D eigenvalue weighted by Crippen LogP contribution is -2.43. The van der Waals surface area contributed by atoms with Gasteiger partial charge in [0.15, 0.2) is 0 Å². The van der Waals surface area contributed by atoms with Crippen molar-refractivity contribution in [1.29, 1.82) is 0 Å². The molecule has 1 aliphatic rings. The van der Waals surface area contributed by atoms with Crippen molar-refractivity contribution in [3.05, 3.63) is 0 Å². The minimum absolute atomic E-state index is 0.324. The monoisotopic (exact) mass is 301 g/mol. The molecule has 0 saturated carbocycles. The van der Waals surface area contributed by atoms with Crippen molar-refractivity contribution in [3.63, 3.8) is 0 Å². The van der Waals surface area contributed by atoms with Crippen LogP contribution in [0.15, 0.2) is 0 Å². The zero-order valence-corrected chi connectivity index (χ0v) is 14.2. The minimum atomic E-state index is 0.324. The number of hydrogen-bond donors (Lipinski definition) is 1. The van der Waals surface area contributed by atoms with Crippen molar-refractivity contribution in [2.24, 2.45) is 0 Å². The number of amides is 1. The van der Waals surface area contributed by atoms with Gasteiger partial charge in [-0.3, -0.25) is 4.79 Å². The average Bonchev–Trinajstić information content (AvgIpc) is 2.98. The summed E-state index contributed by atoms with van der Waals surface area (Å²) in [6.45, 7) is 12.7. The molecule has 1 heterocycles. The summed E-state index contributed by atoms with van der Waals surface area (Å²) in [7, 11) is 0. The standard InChI is InChI=1S/C15H31N3OS/c1-4-9-18(14-7-8-16-12-14)15(19)13-20-11-10-17(5-2)6-3/h14,16H,4-13H2,1-3H3. The fourth-order valence-corrected chi connectivity index (χ4v) is 3.51. The number of hydrogen-bond acceptors (Lipinski definition) is 4. The Hall–Kier alpha value is -0.260. The van der Waals surface area contributed by atoms with Crippen LogP contribution in [0.5, 0.6) is 0 Å². The molecule has 1 aliphatic heterocycles. The number of rotatable bonds is 10. The van der Waals surface area contributed by atoms with Gasteiger partial charge in [0.05, 0.1) is 5.75 Å². The predicted octanol–water partition coefficient (Wildman–Crippen LogP) is 1.66. The highest BCUT2D eigenvalue weighted by Crippen LogP contribution is 2.12. The third-order valence-corrected chi connectivity index (χ3v) is 4.85. The van der Waals surface area contributed by atoms with E-state index in [2.05, 4.69) is 35.9 Å². The first-order chi connectivity index (χ1) is 9.72. The molecule has 0 radical (unpaired) electrons. The Bertz CT molecular complexity index is 266. The molecule has 20 heavy (non-hydrogen) atoms. The smallest absolute Gasteiger partial charge is 0.232 e. The van der Waals surface area contributed by atoms with Crippen LogP contribution in [-0.2, 0) is 4.79 Å². The van der Waals surface area contributed by atoms with Gasteiger partial charge in [0.1, 0.15) is 0 Å². The molecule has 1 rings (SSSR count). The van der Waals surface area contributed by atoms with Crippen LogP contribution in [0.25, 0.3) is 0 Å². The second-order valence-corrected chi connectivity index (χ2v) is 6.42. The summed E-state index contributed by atoms with van der Waals surface area (Å²) >= 11 is 1.78. The van der Waals surface area contributed by atoms with E-state index in [-0.39, 0.29) is 0 Å². The van der Waals surface area contributed by atoms with Crippen molar-refractivity contribution in [1.82, 2.24) is 15.1 Å². The largest absolute Gasteiger partial charge is 0.338 e. The Kier molecular flexibility index (Phi) is 9.31. The molecular weight excluding hydrogens is 270 g/mol. The average molecular weight is 302 g/mol. The molecule has 1 N–H and O–H groups in total. The lowest BCUT2D eigenvalue weighted by molar-refractivity contribution is -0.130. The third kappa shape index (κ3) is 6.02. The number of carbonyl (C=O) groups excluding carboxylic acids is 1. The Labute approximate surface area is 128 Å². The highest BCUT2D eigenvalue weighted by Gasteiger charge is 2.25. The molecule has 0 aromatic carbocycles. The van der Waals surface area contributed by atoms with E-state index in [9.17, 15) is 4.79 Å². The first-order valence-corrected chi connectivity index (χ1v) is 9.18. The highest BCUT2D eigenvalue weighted by atomic mass is 32.2. The van der Waals surface area contributed by atoms with E-state index in [4.69, 9.17) is 0 Å². The molecule has 5 heteroatoms. The summed E-state index contributed by atoms with van der Waals surface area (Å²) < 4.78 is 0. The van der Waals surface area contributed by atoms with E-state index in [0.717, 1.165) is 57.9 Å². The van der Waals surface area contributed by atoms with Crippen LogP contribution in [0.1, 0.15) is 33.6 Å². The molecule has 4 nitrogen and oxygen atoms in total. The summed E-state index contributed by atoms with van der Waals surface area (Å²) in [5, 5.41) is 3.36. The highest BCUT2D eigenvalue weighted by molar-refractivity contribution is 7.99. The van der Waals surface area contributed by atoms with Crippen LogP contribution in [-0.4, -0.2) is 72.5 Å². The molecule has 0 aromatic rings. The number of nitrogens with one attached hydrogen (secondary N) is 1. The van der Waals surface area contributed by atoms with Crippen LogP contribution in [0.4, 0.5) is 0 Å². The van der Waals surface area contributed by atoms with E-state index in [0.29, 0.717) is 17.7 Å². The van der Waals surface area contributed by atoms with Gasteiger partial charge >= 0.3 is 0 Å². The maximum Gasteiger partial charge on any atom is 0.232 e. The second kappa shape index (κ2) is 10.5. The quantitative estimate of drug-likeness (QED) is 0.623. The molecule has 0 bridgehead atoms. The van der Waals surface area contributed by atoms with Crippen LogP contribution in [0.3, 0.4) is 0 Å². The van der Waals surface area contributed by atoms with Gasteiger partial charge in [-0.1, -0.05) is 20.8 Å². The number of carbonyl (C=O) groups is 1. The Morgan fingerprint density at radius 1 is 1.25 bits per heavy atom. The van der Waals surface area contributed by atoms with Crippen molar-refractivity contribution in [2.75, 3.05) is 50.8 Å². The zero-order chi connectivity index (χ0) is 14.8. The molecule has 1 atom stereocenters. The van der Waals surface area contributed by atoms with Crippen LogP contribution >= 0.6 is 11.8 Å². The summed E-state index contributed by atoms with van der Waals surface area (Å²) in [6, 6.07) is 0.422. The molecule has 118 valence electrons. The fourth-order valence-electron chi connectivity index (χ4n) is 2.63. The van der Waals surface area contributed by atoms with Gasteiger partial charge in [0.25, 0.3) is 0 Å². The second-order valence-electron chi connectivity index (χ2n) is 5.31. The third-order valence-electron chi connectivity index (χ3n) is 3.93. The van der Waals surface area contributed by atoms with Crippen LogP contribution in [0.2, 0.25) is 0 Å². The van der Waals surface area contributed by atoms with Gasteiger partial charge in [0.2, 0.25) is 5.91 Å². The van der Waals surface area contributed by atoms with Gasteiger partial charge in [-0.25, -0.2) is 0 Å². The molecule has 0 spiro atoms. The zero-order valence-electron chi connectivity index (χ0n) is 13.4. The van der Waals surface area contributed by atoms with Crippen molar-refractivity contribution in [3.8, 4) is 0 Å². The molecule has 1 fully saturated rings. The van der Waals surface area contributed by atoms with Crippen molar-refractivity contribution in [2.45, 2.75) is 39.7 Å². The van der Waals surface area contributed by atoms with Crippen molar-refractivity contribution >= 4 is 17.7 Å². The summed E-state index contributed by atoms with van der Waals surface area (Å²) in [4.78, 5) is 16.9. The van der Waals surface area contributed by atoms with Gasteiger partial charge < -0.3 is 15.1 Å². The Morgan fingerprint density at radius 2 is 2.00 bits per heavy atom. The first kappa shape index (κ1) is 17.8. The van der Waals surface area contributed by atoms with Gasteiger partial charge in [-0.05, 0) is 32.5 Å². The maximum atomic E-state index is 12.4. The predicted molar refractivity (Wildman–Crippen MR) is 88.4 cm³/mol. The van der Waals surface area contributed by atoms with E-state index in [1.807, 2.05) is 0 Å². The molecular formula is C15H31N3OS. The Morgan fingerprint density at radius 3 is 2.55 bits per heavy atom. The van der Waals surface area contributed by atoms with Gasteiger partial charge in [-0.2, -0.15) is 11.8 Å². The van der Waals surface area contributed by atoms with E-state index in [1.54, 1.807) is 11.8 Å². The molecule has 1 amide bonds. The fraction of sp³-hybridized carbons (Fsp3) is 0.933. The van der Waals surface area contributed by atoms with Gasteiger partial charge in [0, 0.05) is 31.4 Å². The Balaban J connectivity index is 2.27. The summed E-state index contributed by atoms with van der Waals surface area (Å²) in [5.41, 5.74) is 0. The van der Waals surface area contributed by atoms with Gasteiger partial charge in [-0.15, -0.1) is 0 Å². The normalized spacial score (nSPS) is 18.7. The van der Waals surface area contributed by atoms with Crippen LogP contribution < -0.4 is 5.32 Å². The lowest BCUT2D eigenvalue weighted by Gasteiger charge is -2.28. The minimum Gasteiger partial charge on any atom is -0.338 e. The SMILES string of the molecule is CCCN(C(=O)CSCCN(CC)CC)C1CCNC1. The molecule has 0 aliphatic carbocycles. The summed E-state index contributed by atoms with van der Waals surface area (Å²) in [6.07, 6.45) is 2.15. The summed E-state index contributed by atoms with van der Waals surface area (Å²) in [5.74, 6) is 2.01.